The maximum absolute atomic E-state index is 12.7. The Balaban J connectivity index is 2.49. The third kappa shape index (κ3) is 3.34. The first kappa shape index (κ1) is 17.8. The van der Waals surface area contributed by atoms with Crippen LogP contribution in [0, 0.1) is 5.92 Å². The van der Waals surface area contributed by atoms with Gasteiger partial charge in [0.15, 0.2) is 11.4 Å². The Labute approximate surface area is 140 Å². The van der Waals surface area contributed by atoms with Crippen molar-refractivity contribution >= 4 is 17.5 Å². The zero-order chi connectivity index (χ0) is 17.9. The summed E-state index contributed by atoms with van der Waals surface area (Å²) in [5.41, 5.74) is 1.51. The van der Waals surface area contributed by atoms with E-state index in [1.807, 2.05) is 13.8 Å². The van der Waals surface area contributed by atoms with E-state index < -0.39 is 17.9 Å². The Morgan fingerprint density at radius 3 is 2.62 bits per heavy atom. The lowest BCUT2D eigenvalue weighted by atomic mass is 10.0. The van der Waals surface area contributed by atoms with Gasteiger partial charge < -0.3 is 15.2 Å². The van der Waals surface area contributed by atoms with Crippen LogP contribution in [-0.2, 0) is 11.2 Å². The van der Waals surface area contributed by atoms with E-state index in [0.717, 1.165) is 0 Å². The minimum atomic E-state index is -1.06. The van der Waals surface area contributed by atoms with Gasteiger partial charge >= 0.3 is 5.97 Å². The number of carbonyl (C=O) groups excluding carboxylic acids is 1. The Bertz CT molecular complexity index is 752. The first-order valence-electron chi connectivity index (χ1n) is 8.07. The van der Waals surface area contributed by atoms with Crippen LogP contribution in [0.3, 0.4) is 0 Å². The van der Waals surface area contributed by atoms with Crippen LogP contribution < -0.4 is 10.1 Å². The van der Waals surface area contributed by atoms with E-state index in [1.54, 1.807) is 36.6 Å². The molecule has 1 unspecified atom stereocenters. The lowest BCUT2D eigenvalue weighted by molar-refractivity contribution is -0.140. The number of fused-ring (bicyclic) bond motifs is 1. The van der Waals surface area contributed by atoms with Gasteiger partial charge in [0.2, 0.25) is 0 Å². The molecule has 2 aromatic heterocycles. The fourth-order valence-corrected chi connectivity index (χ4v) is 2.57. The Hall–Kier alpha value is -2.57. The summed E-state index contributed by atoms with van der Waals surface area (Å²) in [5.74, 6) is -1.14. The van der Waals surface area contributed by atoms with Gasteiger partial charge in [-0.2, -0.15) is 0 Å². The van der Waals surface area contributed by atoms with Gasteiger partial charge in [-0.15, -0.1) is 0 Å². The topological polar surface area (TPSA) is 92.9 Å². The van der Waals surface area contributed by atoms with Gasteiger partial charge in [-0.1, -0.05) is 20.8 Å². The minimum Gasteiger partial charge on any atom is -0.490 e. The van der Waals surface area contributed by atoms with Gasteiger partial charge in [-0.25, -0.2) is 9.78 Å². The molecule has 2 N–H and O–H groups in total. The molecule has 0 spiro atoms. The standard InChI is InChI=1S/C17H23N3O4/c1-5-11-14(16(21)19-13(10(3)4)17(22)23)20-9-7-8-12(24-6-2)15(20)18-11/h7-10,13H,5-6H2,1-4H3,(H,19,21)(H,22,23). The second-order valence-electron chi connectivity index (χ2n) is 5.79. The summed E-state index contributed by atoms with van der Waals surface area (Å²) in [4.78, 5) is 28.6. The third-order valence-electron chi connectivity index (χ3n) is 3.76. The van der Waals surface area contributed by atoms with Crippen LogP contribution >= 0.6 is 0 Å². The second-order valence-corrected chi connectivity index (χ2v) is 5.79. The van der Waals surface area contributed by atoms with E-state index in [2.05, 4.69) is 10.3 Å². The number of aromatic nitrogens is 2. The van der Waals surface area contributed by atoms with Crippen molar-refractivity contribution in [1.82, 2.24) is 14.7 Å². The number of imidazole rings is 1. The Kier molecular flexibility index (Phi) is 5.43. The largest absolute Gasteiger partial charge is 0.490 e. The molecular formula is C17H23N3O4. The van der Waals surface area contributed by atoms with Crippen molar-refractivity contribution in [2.75, 3.05) is 6.61 Å². The number of nitrogens with one attached hydrogen (secondary N) is 1. The average molecular weight is 333 g/mol. The summed E-state index contributed by atoms with van der Waals surface area (Å²) in [6, 6.07) is 2.61. The normalized spacial score (nSPS) is 12.4. The summed E-state index contributed by atoms with van der Waals surface area (Å²) < 4.78 is 7.21. The SMILES string of the molecule is CCOc1cccn2c(C(=O)NC(C(=O)O)C(C)C)c(CC)nc12. The molecule has 2 rings (SSSR count). The van der Waals surface area contributed by atoms with Crippen molar-refractivity contribution in [2.45, 2.75) is 40.2 Å². The smallest absolute Gasteiger partial charge is 0.326 e. The molecule has 2 aromatic rings. The maximum atomic E-state index is 12.7. The zero-order valence-electron chi connectivity index (χ0n) is 14.4. The number of carboxylic acids is 1. The van der Waals surface area contributed by atoms with E-state index in [4.69, 9.17) is 4.74 Å². The lowest BCUT2D eigenvalue weighted by Crippen LogP contribution is -2.44. The second kappa shape index (κ2) is 7.33. The predicted octanol–water partition coefficient (Wildman–Crippen LogP) is 2.13. The molecule has 0 radical (unpaired) electrons. The van der Waals surface area contributed by atoms with Crippen LogP contribution in [0.25, 0.3) is 5.65 Å². The molecule has 7 nitrogen and oxygen atoms in total. The number of carbonyl (C=O) groups is 2. The molecule has 0 saturated carbocycles. The highest BCUT2D eigenvalue weighted by Gasteiger charge is 2.27. The van der Waals surface area contributed by atoms with Crippen molar-refractivity contribution in [2.24, 2.45) is 5.92 Å². The van der Waals surface area contributed by atoms with Crippen molar-refractivity contribution in [3.8, 4) is 5.75 Å². The number of hydrogen-bond donors (Lipinski definition) is 2. The van der Waals surface area contributed by atoms with E-state index in [9.17, 15) is 14.7 Å². The van der Waals surface area contributed by atoms with Gasteiger partial charge in [0, 0.05) is 6.20 Å². The minimum absolute atomic E-state index is 0.227. The molecule has 2 heterocycles. The molecule has 0 aliphatic heterocycles. The highest BCUT2D eigenvalue weighted by molar-refractivity contribution is 5.97. The number of aryl methyl sites for hydroxylation is 1. The van der Waals surface area contributed by atoms with Crippen LogP contribution in [0.15, 0.2) is 18.3 Å². The summed E-state index contributed by atoms with van der Waals surface area (Å²) in [6.07, 6.45) is 2.28. The van der Waals surface area contributed by atoms with Crippen molar-refractivity contribution < 1.29 is 19.4 Å². The summed E-state index contributed by atoms with van der Waals surface area (Å²) in [5, 5.41) is 11.9. The average Bonchev–Trinajstić information content (AvgIpc) is 2.91. The summed E-state index contributed by atoms with van der Waals surface area (Å²) >= 11 is 0. The first-order valence-corrected chi connectivity index (χ1v) is 8.07. The number of aliphatic carboxylic acids is 1. The fraction of sp³-hybridized carbons (Fsp3) is 0.471. The van der Waals surface area contributed by atoms with E-state index in [-0.39, 0.29) is 5.92 Å². The van der Waals surface area contributed by atoms with Gasteiger partial charge in [0.05, 0.1) is 12.3 Å². The zero-order valence-corrected chi connectivity index (χ0v) is 14.4. The van der Waals surface area contributed by atoms with Crippen molar-refractivity contribution in [3.63, 3.8) is 0 Å². The first-order chi connectivity index (χ1) is 11.4. The molecule has 0 aromatic carbocycles. The van der Waals surface area contributed by atoms with Crippen LogP contribution in [0.5, 0.6) is 5.75 Å². The highest BCUT2D eigenvalue weighted by Crippen LogP contribution is 2.23. The monoisotopic (exact) mass is 333 g/mol. The number of carboxylic acid groups (broad SMARTS) is 1. The third-order valence-corrected chi connectivity index (χ3v) is 3.76. The van der Waals surface area contributed by atoms with Gasteiger partial charge in [0.25, 0.3) is 5.91 Å². The number of amides is 1. The number of pyridine rings is 1. The van der Waals surface area contributed by atoms with Crippen LogP contribution in [0.1, 0.15) is 43.9 Å². The number of nitrogens with zero attached hydrogens (tertiary/aromatic N) is 2. The fourth-order valence-electron chi connectivity index (χ4n) is 2.57. The Morgan fingerprint density at radius 2 is 2.08 bits per heavy atom. The predicted molar refractivity (Wildman–Crippen MR) is 89.5 cm³/mol. The summed E-state index contributed by atoms with van der Waals surface area (Å²) in [6.45, 7) is 7.77. The van der Waals surface area contributed by atoms with E-state index in [0.29, 0.717) is 35.8 Å². The molecule has 24 heavy (non-hydrogen) atoms. The molecule has 130 valence electrons. The molecule has 7 heteroatoms. The van der Waals surface area contributed by atoms with Gasteiger partial charge in [-0.3, -0.25) is 9.20 Å². The van der Waals surface area contributed by atoms with Gasteiger partial charge in [0.1, 0.15) is 11.7 Å². The van der Waals surface area contributed by atoms with Crippen LogP contribution in [0.2, 0.25) is 0 Å². The molecule has 0 saturated heterocycles. The van der Waals surface area contributed by atoms with Crippen molar-refractivity contribution in [3.05, 3.63) is 29.7 Å². The number of rotatable bonds is 7. The molecule has 0 fully saturated rings. The molecule has 0 bridgehead atoms. The molecule has 1 atom stereocenters. The highest BCUT2D eigenvalue weighted by atomic mass is 16.5. The number of hydrogen-bond acceptors (Lipinski definition) is 4. The molecule has 1 amide bonds. The van der Waals surface area contributed by atoms with Crippen molar-refractivity contribution in [1.29, 1.82) is 0 Å². The summed E-state index contributed by atoms with van der Waals surface area (Å²) in [7, 11) is 0. The molecule has 0 aliphatic carbocycles. The molecular weight excluding hydrogens is 310 g/mol. The Morgan fingerprint density at radius 1 is 1.38 bits per heavy atom. The van der Waals surface area contributed by atoms with Crippen LogP contribution in [0.4, 0.5) is 0 Å². The van der Waals surface area contributed by atoms with E-state index in [1.165, 1.54) is 0 Å². The maximum Gasteiger partial charge on any atom is 0.326 e. The molecule has 0 aliphatic rings. The van der Waals surface area contributed by atoms with Gasteiger partial charge in [-0.05, 0) is 31.4 Å². The van der Waals surface area contributed by atoms with Crippen LogP contribution in [-0.4, -0.2) is 39.0 Å². The number of ether oxygens (including phenoxy) is 1. The lowest BCUT2D eigenvalue weighted by Gasteiger charge is -2.18. The van der Waals surface area contributed by atoms with E-state index >= 15 is 0 Å². The quantitative estimate of drug-likeness (QED) is 0.810.